The molecule has 0 fully saturated rings. The number of nitrogens with one attached hydrogen (secondary N) is 1. The summed E-state index contributed by atoms with van der Waals surface area (Å²) < 4.78 is 13.2. The first-order valence-electron chi connectivity index (χ1n) is 6.16. The Morgan fingerprint density at radius 2 is 2.25 bits per heavy atom. The van der Waals surface area contributed by atoms with E-state index in [9.17, 15) is 9.65 Å². The van der Waals surface area contributed by atoms with Gasteiger partial charge in [0.1, 0.15) is 5.82 Å². The van der Waals surface area contributed by atoms with Gasteiger partial charge in [-0.1, -0.05) is 24.6 Å². The van der Waals surface area contributed by atoms with Crippen molar-refractivity contribution in [1.29, 1.82) is 5.26 Å². The highest BCUT2D eigenvalue weighted by Gasteiger charge is 2.30. The fraction of sp³-hybridized carbons (Fsp3) is 0.200. The maximum atomic E-state index is 13.2. The number of anilines is 1. The van der Waals surface area contributed by atoms with E-state index >= 15 is 0 Å². The summed E-state index contributed by atoms with van der Waals surface area (Å²) in [5, 5.41) is 12.7. The van der Waals surface area contributed by atoms with Crippen LogP contribution in [0.2, 0.25) is 5.02 Å². The maximum Gasteiger partial charge on any atom is 0.152 e. The zero-order chi connectivity index (χ0) is 14.6. The molecular formula is C15H13ClFN3. The first kappa shape index (κ1) is 14.3. The van der Waals surface area contributed by atoms with Gasteiger partial charge in [0.15, 0.2) is 5.54 Å². The highest BCUT2D eigenvalue weighted by Crippen LogP contribution is 2.30. The van der Waals surface area contributed by atoms with Crippen molar-refractivity contribution in [3.63, 3.8) is 0 Å². The molecule has 0 bridgehead atoms. The summed E-state index contributed by atoms with van der Waals surface area (Å²) in [7, 11) is 0. The van der Waals surface area contributed by atoms with Crippen LogP contribution in [-0.4, -0.2) is 4.98 Å². The quantitative estimate of drug-likeness (QED) is 0.921. The van der Waals surface area contributed by atoms with E-state index < -0.39 is 11.4 Å². The number of halogens is 2. The lowest BCUT2D eigenvalue weighted by atomic mass is 9.89. The third-order valence-electron chi connectivity index (χ3n) is 3.15. The van der Waals surface area contributed by atoms with E-state index in [0.717, 1.165) is 5.56 Å². The van der Waals surface area contributed by atoms with Crippen LogP contribution in [0.3, 0.4) is 0 Å². The Bertz CT molecular complexity index is 639. The minimum absolute atomic E-state index is 0.0177. The van der Waals surface area contributed by atoms with E-state index in [1.54, 1.807) is 24.5 Å². The van der Waals surface area contributed by atoms with Gasteiger partial charge >= 0.3 is 0 Å². The Labute approximate surface area is 122 Å². The van der Waals surface area contributed by atoms with Gasteiger partial charge in [0.25, 0.3) is 0 Å². The van der Waals surface area contributed by atoms with Crippen molar-refractivity contribution < 1.29 is 4.39 Å². The highest BCUT2D eigenvalue weighted by molar-refractivity contribution is 6.31. The van der Waals surface area contributed by atoms with Crippen molar-refractivity contribution in [3.05, 3.63) is 59.1 Å². The van der Waals surface area contributed by atoms with Crippen LogP contribution in [0.15, 0.2) is 42.7 Å². The molecule has 1 unspecified atom stereocenters. The van der Waals surface area contributed by atoms with E-state index in [2.05, 4.69) is 16.4 Å². The minimum Gasteiger partial charge on any atom is -0.364 e. The van der Waals surface area contributed by atoms with Gasteiger partial charge in [-0.05, 0) is 30.7 Å². The highest BCUT2D eigenvalue weighted by atomic mass is 35.5. The Kier molecular flexibility index (Phi) is 4.21. The summed E-state index contributed by atoms with van der Waals surface area (Å²) in [5.74, 6) is -0.488. The number of rotatable bonds is 4. The zero-order valence-corrected chi connectivity index (χ0v) is 11.7. The second-order valence-electron chi connectivity index (χ2n) is 4.37. The van der Waals surface area contributed by atoms with Crippen LogP contribution >= 0.6 is 11.6 Å². The second kappa shape index (κ2) is 5.89. The maximum absolute atomic E-state index is 13.2. The molecule has 1 atom stereocenters. The largest absolute Gasteiger partial charge is 0.364 e. The monoisotopic (exact) mass is 289 g/mol. The van der Waals surface area contributed by atoms with Crippen molar-refractivity contribution >= 4 is 17.3 Å². The van der Waals surface area contributed by atoms with Gasteiger partial charge in [-0.25, -0.2) is 4.39 Å². The molecule has 0 aliphatic carbocycles. The summed E-state index contributed by atoms with van der Waals surface area (Å²) in [4.78, 5) is 4.04. The number of pyridine rings is 1. The molecular weight excluding hydrogens is 277 g/mol. The molecule has 0 saturated heterocycles. The van der Waals surface area contributed by atoms with Crippen LogP contribution in [0.25, 0.3) is 0 Å². The molecule has 0 radical (unpaired) electrons. The molecule has 2 rings (SSSR count). The Hall–Kier alpha value is -2.12. The summed E-state index contributed by atoms with van der Waals surface area (Å²) in [6.45, 7) is 1.90. The lowest BCUT2D eigenvalue weighted by Gasteiger charge is -2.28. The summed E-state index contributed by atoms with van der Waals surface area (Å²) in [6, 6.07) is 10.2. The average Bonchev–Trinajstić information content (AvgIpc) is 2.49. The SMILES string of the molecule is CCC(C#N)(Nc1ccc(F)c(Cl)c1)c1cccnc1. The molecule has 0 amide bonds. The molecule has 3 nitrogen and oxygen atoms in total. The molecule has 2 aromatic rings. The van der Waals surface area contributed by atoms with Crippen LogP contribution in [-0.2, 0) is 5.54 Å². The van der Waals surface area contributed by atoms with E-state index in [1.807, 2.05) is 13.0 Å². The number of nitriles is 1. The molecule has 1 aromatic carbocycles. The Morgan fingerprint density at radius 1 is 1.45 bits per heavy atom. The van der Waals surface area contributed by atoms with Crippen molar-refractivity contribution in [2.75, 3.05) is 5.32 Å². The molecule has 1 N–H and O–H groups in total. The summed E-state index contributed by atoms with van der Waals surface area (Å²) in [5.41, 5.74) is 0.421. The van der Waals surface area contributed by atoms with E-state index in [4.69, 9.17) is 11.6 Å². The van der Waals surface area contributed by atoms with Gasteiger partial charge in [-0.15, -0.1) is 0 Å². The number of nitrogens with zero attached hydrogens (tertiary/aromatic N) is 2. The summed E-state index contributed by atoms with van der Waals surface area (Å²) in [6.07, 6.45) is 3.82. The van der Waals surface area contributed by atoms with Gasteiger partial charge in [-0.2, -0.15) is 5.26 Å². The number of benzene rings is 1. The van der Waals surface area contributed by atoms with Crippen molar-refractivity contribution in [3.8, 4) is 6.07 Å². The smallest absolute Gasteiger partial charge is 0.152 e. The van der Waals surface area contributed by atoms with Crippen LogP contribution < -0.4 is 5.32 Å². The molecule has 5 heteroatoms. The number of hydrogen-bond acceptors (Lipinski definition) is 3. The standard InChI is InChI=1S/C15H13ClFN3/c1-2-15(10-18,11-4-3-7-19-9-11)20-12-5-6-14(17)13(16)8-12/h3-9,20H,2H2,1H3. The minimum atomic E-state index is -0.921. The Morgan fingerprint density at radius 3 is 2.80 bits per heavy atom. The van der Waals surface area contributed by atoms with Crippen molar-refractivity contribution in [1.82, 2.24) is 4.98 Å². The molecule has 20 heavy (non-hydrogen) atoms. The third-order valence-corrected chi connectivity index (χ3v) is 3.44. The van der Waals surface area contributed by atoms with Gasteiger partial charge in [0.05, 0.1) is 11.1 Å². The van der Waals surface area contributed by atoms with Crippen LogP contribution in [0.1, 0.15) is 18.9 Å². The molecule has 1 aromatic heterocycles. The first-order valence-corrected chi connectivity index (χ1v) is 6.54. The fourth-order valence-corrected chi connectivity index (χ4v) is 2.15. The lowest BCUT2D eigenvalue weighted by molar-refractivity contribution is 0.600. The molecule has 1 heterocycles. The first-order chi connectivity index (χ1) is 9.61. The van der Waals surface area contributed by atoms with Crippen LogP contribution in [0, 0.1) is 17.1 Å². The topological polar surface area (TPSA) is 48.7 Å². The van der Waals surface area contributed by atoms with E-state index in [1.165, 1.54) is 12.1 Å². The molecule has 102 valence electrons. The van der Waals surface area contributed by atoms with Crippen LogP contribution in [0.4, 0.5) is 10.1 Å². The van der Waals surface area contributed by atoms with Crippen LogP contribution in [0.5, 0.6) is 0 Å². The number of hydrogen-bond donors (Lipinski definition) is 1. The zero-order valence-electron chi connectivity index (χ0n) is 10.9. The molecule has 0 aliphatic heterocycles. The van der Waals surface area contributed by atoms with E-state index in [-0.39, 0.29) is 5.02 Å². The summed E-state index contributed by atoms with van der Waals surface area (Å²) >= 11 is 5.76. The predicted molar refractivity (Wildman–Crippen MR) is 76.9 cm³/mol. The molecule has 0 saturated carbocycles. The Balaban J connectivity index is 2.40. The lowest BCUT2D eigenvalue weighted by Crippen LogP contribution is -2.33. The normalized spacial score (nSPS) is 13.3. The number of aromatic nitrogens is 1. The second-order valence-corrected chi connectivity index (χ2v) is 4.77. The van der Waals surface area contributed by atoms with Gasteiger partial charge < -0.3 is 5.32 Å². The third kappa shape index (κ3) is 2.73. The predicted octanol–water partition coefficient (Wildman–Crippen LogP) is 4.12. The van der Waals surface area contributed by atoms with Gasteiger partial charge in [-0.3, -0.25) is 4.98 Å². The molecule has 0 aliphatic rings. The van der Waals surface area contributed by atoms with Crippen molar-refractivity contribution in [2.24, 2.45) is 0 Å². The average molecular weight is 290 g/mol. The van der Waals surface area contributed by atoms with Gasteiger partial charge in [0.2, 0.25) is 0 Å². The van der Waals surface area contributed by atoms with Gasteiger partial charge in [0, 0.05) is 23.6 Å². The fourth-order valence-electron chi connectivity index (χ4n) is 1.97. The van der Waals surface area contributed by atoms with Crippen molar-refractivity contribution in [2.45, 2.75) is 18.9 Å². The van der Waals surface area contributed by atoms with E-state index in [0.29, 0.717) is 12.1 Å². The molecule has 0 spiro atoms.